The van der Waals surface area contributed by atoms with E-state index in [1.165, 1.54) is 30.3 Å². The maximum atomic E-state index is 12.1. The number of anilines is 1. The zero-order chi connectivity index (χ0) is 15.6. The summed E-state index contributed by atoms with van der Waals surface area (Å²) >= 11 is 5.91. The summed E-state index contributed by atoms with van der Waals surface area (Å²) in [6, 6.07) is 8.52. The van der Waals surface area contributed by atoms with Crippen molar-refractivity contribution in [2.75, 3.05) is 5.32 Å². The van der Waals surface area contributed by atoms with Crippen LogP contribution in [0.2, 0.25) is 5.02 Å². The number of halogens is 1. The number of phenolic OH excluding ortho intramolecular Hbond substituents is 1. The van der Waals surface area contributed by atoms with Gasteiger partial charge in [-0.05, 0) is 48.9 Å². The van der Waals surface area contributed by atoms with Gasteiger partial charge in [0.25, 0.3) is 5.91 Å². The van der Waals surface area contributed by atoms with Gasteiger partial charge >= 0.3 is 5.97 Å². The van der Waals surface area contributed by atoms with Crippen LogP contribution >= 0.6 is 11.6 Å². The molecule has 2 rings (SSSR count). The van der Waals surface area contributed by atoms with E-state index in [4.69, 9.17) is 16.7 Å². The van der Waals surface area contributed by atoms with Crippen LogP contribution in [0.4, 0.5) is 5.69 Å². The Labute approximate surface area is 125 Å². The first-order valence-electron chi connectivity index (χ1n) is 6.02. The second-order valence-electron chi connectivity index (χ2n) is 4.45. The molecular formula is C15H12ClNO4. The predicted octanol–water partition coefficient (Wildman–Crippen LogP) is 3.30. The summed E-state index contributed by atoms with van der Waals surface area (Å²) in [6.07, 6.45) is 0. The fourth-order valence-corrected chi connectivity index (χ4v) is 2.07. The Hall–Kier alpha value is -2.53. The number of benzene rings is 2. The minimum Gasteiger partial charge on any atom is -0.508 e. The summed E-state index contributed by atoms with van der Waals surface area (Å²) in [5.74, 6) is -1.58. The van der Waals surface area contributed by atoms with E-state index in [9.17, 15) is 14.7 Å². The number of aromatic hydroxyl groups is 1. The summed E-state index contributed by atoms with van der Waals surface area (Å²) in [6.45, 7) is 1.64. The summed E-state index contributed by atoms with van der Waals surface area (Å²) in [5.41, 5.74) is 1.28. The van der Waals surface area contributed by atoms with Gasteiger partial charge in [0.2, 0.25) is 0 Å². The molecule has 0 fully saturated rings. The number of amides is 1. The SMILES string of the molecule is Cc1cc(NC(=O)c2cc(O)ccc2Cl)ccc1C(=O)O. The second-order valence-corrected chi connectivity index (χ2v) is 4.86. The summed E-state index contributed by atoms with van der Waals surface area (Å²) in [5, 5.41) is 21.2. The van der Waals surface area contributed by atoms with Crippen LogP contribution in [-0.2, 0) is 0 Å². The van der Waals surface area contributed by atoms with Crippen LogP contribution in [0.1, 0.15) is 26.3 Å². The van der Waals surface area contributed by atoms with Crippen molar-refractivity contribution >= 4 is 29.2 Å². The van der Waals surface area contributed by atoms with Crippen molar-refractivity contribution in [1.29, 1.82) is 0 Å². The minimum atomic E-state index is -1.03. The van der Waals surface area contributed by atoms with E-state index in [-0.39, 0.29) is 21.9 Å². The Morgan fingerprint density at radius 2 is 1.81 bits per heavy atom. The highest BCUT2D eigenvalue weighted by molar-refractivity contribution is 6.34. The lowest BCUT2D eigenvalue weighted by Gasteiger charge is -2.09. The van der Waals surface area contributed by atoms with E-state index in [1.807, 2.05) is 0 Å². The molecule has 1 amide bonds. The molecule has 5 nitrogen and oxygen atoms in total. The molecule has 0 saturated heterocycles. The number of hydrogen-bond donors (Lipinski definition) is 3. The van der Waals surface area contributed by atoms with E-state index in [2.05, 4.69) is 5.32 Å². The summed E-state index contributed by atoms with van der Waals surface area (Å²) < 4.78 is 0. The number of carbonyl (C=O) groups excluding carboxylic acids is 1. The molecule has 0 heterocycles. The molecule has 108 valence electrons. The van der Waals surface area contributed by atoms with Gasteiger partial charge < -0.3 is 15.5 Å². The standard InChI is InChI=1S/C15H12ClNO4/c1-8-6-9(2-4-11(8)15(20)21)17-14(19)12-7-10(18)3-5-13(12)16/h2-7,18H,1H3,(H,17,19)(H,20,21). The number of carboxylic acids is 1. The molecule has 6 heteroatoms. The largest absolute Gasteiger partial charge is 0.508 e. The number of hydrogen-bond acceptors (Lipinski definition) is 3. The monoisotopic (exact) mass is 305 g/mol. The zero-order valence-electron chi connectivity index (χ0n) is 11.1. The average Bonchev–Trinajstić information content (AvgIpc) is 2.41. The predicted molar refractivity (Wildman–Crippen MR) is 79.2 cm³/mol. The second kappa shape index (κ2) is 5.85. The highest BCUT2D eigenvalue weighted by Gasteiger charge is 2.13. The van der Waals surface area contributed by atoms with Gasteiger partial charge in [-0.3, -0.25) is 4.79 Å². The molecule has 0 aliphatic carbocycles. The van der Waals surface area contributed by atoms with Gasteiger partial charge in [-0.25, -0.2) is 4.79 Å². The van der Waals surface area contributed by atoms with Gasteiger partial charge in [0, 0.05) is 5.69 Å². The first-order valence-corrected chi connectivity index (χ1v) is 6.40. The van der Waals surface area contributed by atoms with Gasteiger partial charge in [0.05, 0.1) is 16.1 Å². The van der Waals surface area contributed by atoms with E-state index < -0.39 is 11.9 Å². The van der Waals surface area contributed by atoms with Gasteiger partial charge in [-0.1, -0.05) is 11.6 Å². The van der Waals surface area contributed by atoms with Crippen molar-refractivity contribution in [2.45, 2.75) is 6.92 Å². The molecule has 21 heavy (non-hydrogen) atoms. The van der Waals surface area contributed by atoms with Gasteiger partial charge in [0.15, 0.2) is 0 Å². The Balaban J connectivity index is 2.26. The molecule has 0 aliphatic rings. The van der Waals surface area contributed by atoms with E-state index in [0.717, 1.165) is 0 Å². The summed E-state index contributed by atoms with van der Waals surface area (Å²) in [4.78, 5) is 23.0. The third kappa shape index (κ3) is 3.32. The number of carboxylic acid groups (broad SMARTS) is 1. The van der Waals surface area contributed by atoms with Crippen molar-refractivity contribution in [1.82, 2.24) is 0 Å². The molecule has 3 N–H and O–H groups in total. The third-order valence-corrected chi connectivity index (χ3v) is 3.24. The van der Waals surface area contributed by atoms with E-state index >= 15 is 0 Å². The lowest BCUT2D eigenvalue weighted by atomic mass is 10.1. The van der Waals surface area contributed by atoms with Gasteiger partial charge in [0.1, 0.15) is 5.75 Å². The number of aromatic carboxylic acids is 1. The lowest BCUT2D eigenvalue weighted by molar-refractivity contribution is 0.0696. The lowest BCUT2D eigenvalue weighted by Crippen LogP contribution is -2.13. The molecule has 0 atom stereocenters. The third-order valence-electron chi connectivity index (χ3n) is 2.91. The van der Waals surface area contributed by atoms with Crippen molar-refractivity contribution in [3.8, 4) is 5.75 Å². The number of nitrogens with one attached hydrogen (secondary N) is 1. The molecule has 0 aromatic heterocycles. The molecule has 2 aromatic carbocycles. The first kappa shape index (κ1) is 14.9. The van der Waals surface area contributed by atoms with Crippen LogP contribution in [0.25, 0.3) is 0 Å². The molecule has 2 aromatic rings. The van der Waals surface area contributed by atoms with Crippen LogP contribution < -0.4 is 5.32 Å². The van der Waals surface area contributed by atoms with Gasteiger partial charge in [-0.2, -0.15) is 0 Å². The molecule has 0 spiro atoms. The van der Waals surface area contributed by atoms with E-state index in [1.54, 1.807) is 13.0 Å². The molecule has 0 bridgehead atoms. The minimum absolute atomic E-state index is 0.0676. The number of rotatable bonds is 3. The van der Waals surface area contributed by atoms with Crippen molar-refractivity contribution in [3.05, 3.63) is 58.1 Å². The van der Waals surface area contributed by atoms with Crippen molar-refractivity contribution in [2.24, 2.45) is 0 Å². The molecule has 0 unspecified atom stereocenters. The average molecular weight is 306 g/mol. The van der Waals surface area contributed by atoms with Crippen LogP contribution in [0, 0.1) is 6.92 Å². The highest BCUT2D eigenvalue weighted by Crippen LogP contribution is 2.23. The molecule has 0 saturated carbocycles. The normalized spacial score (nSPS) is 10.2. The van der Waals surface area contributed by atoms with Crippen molar-refractivity contribution < 1.29 is 19.8 Å². The van der Waals surface area contributed by atoms with E-state index in [0.29, 0.717) is 11.3 Å². The Kier molecular flexibility index (Phi) is 4.14. The Morgan fingerprint density at radius 1 is 1.10 bits per heavy atom. The molecule has 0 radical (unpaired) electrons. The smallest absolute Gasteiger partial charge is 0.335 e. The number of aryl methyl sites for hydroxylation is 1. The van der Waals surface area contributed by atoms with Crippen LogP contribution in [0.5, 0.6) is 5.75 Å². The number of phenols is 1. The van der Waals surface area contributed by atoms with Crippen LogP contribution in [-0.4, -0.2) is 22.1 Å². The summed E-state index contributed by atoms with van der Waals surface area (Å²) in [7, 11) is 0. The molecule has 0 aliphatic heterocycles. The highest BCUT2D eigenvalue weighted by atomic mass is 35.5. The fourth-order valence-electron chi connectivity index (χ4n) is 1.87. The van der Waals surface area contributed by atoms with Crippen LogP contribution in [0.3, 0.4) is 0 Å². The van der Waals surface area contributed by atoms with Crippen LogP contribution in [0.15, 0.2) is 36.4 Å². The first-order chi connectivity index (χ1) is 9.88. The molecular weight excluding hydrogens is 294 g/mol. The van der Waals surface area contributed by atoms with Crippen molar-refractivity contribution in [3.63, 3.8) is 0 Å². The fraction of sp³-hybridized carbons (Fsp3) is 0.0667. The Morgan fingerprint density at radius 3 is 2.43 bits per heavy atom. The maximum Gasteiger partial charge on any atom is 0.335 e. The zero-order valence-corrected chi connectivity index (χ0v) is 11.8. The van der Waals surface area contributed by atoms with Gasteiger partial charge in [-0.15, -0.1) is 0 Å². The Bertz CT molecular complexity index is 728. The topological polar surface area (TPSA) is 86.6 Å². The quantitative estimate of drug-likeness (QED) is 0.812. The maximum absolute atomic E-state index is 12.1. The number of carbonyl (C=O) groups is 2.